The molecular weight excluding hydrogens is 246 g/mol. The van der Waals surface area contributed by atoms with Gasteiger partial charge in [0.05, 0.1) is 0 Å². The Morgan fingerprint density at radius 2 is 2.00 bits per heavy atom. The molecule has 0 fully saturated rings. The number of hydrogen-bond acceptors (Lipinski definition) is 1. The van der Waals surface area contributed by atoms with Crippen LogP contribution in [-0.4, -0.2) is 6.54 Å². The molecule has 1 N–H and O–H groups in total. The predicted octanol–water partition coefficient (Wildman–Crippen LogP) is 0.589. The molecule has 0 aromatic carbocycles. The van der Waals surface area contributed by atoms with Gasteiger partial charge in [0.15, 0.2) is 0 Å². The molecule has 36 valence electrons. The second kappa shape index (κ2) is 9.17. The van der Waals surface area contributed by atoms with E-state index >= 15 is 0 Å². The van der Waals surface area contributed by atoms with Gasteiger partial charge in [-0.1, -0.05) is 6.54 Å². The minimum absolute atomic E-state index is 0. The number of nitrogens with one attached hydrogen (secondary N) is 1. The summed E-state index contributed by atoms with van der Waals surface area (Å²) in [6.45, 7) is 4.49. The van der Waals surface area contributed by atoms with Gasteiger partial charge in [0, 0.05) is 0 Å². The van der Waals surface area contributed by atoms with Gasteiger partial charge >= 0.3 is 21.1 Å². The van der Waals surface area contributed by atoms with E-state index in [1.165, 1.54) is 0 Å². The summed E-state index contributed by atoms with van der Waals surface area (Å²) >= 11 is 0. The fourth-order valence-electron chi connectivity index (χ4n) is 0.125. The van der Waals surface area contributed by atoms with Crippen molar-refractivity contribution >= 4 is 0 Å². The van der Waals surface area contributed by atoms with Gasteiger partial charge < -0.3 is 12.2 Å². The van der Waals surface area contributed by atoms with Crippen molar-refractivity contribution in [2.45, 2.75) is 6.42 Å². The monoisotopic (exact) mass is 255 g/mol. The van der Waals surface area contributed by atoms with Crippen LogP contribution in [-0.2, 0) is 21.1 Å². The molecule has 0 aliphatic carbocycles. The third kappa shape index (κ3) is 8.82. The van der Waals surface area contributed by atoms with Crippen molar-refractivity contribution in [3.63, 3.8) is 0 Å². The van der Waals surface area contributed by atoms with E-state index in [9.17, 15) is 0 Å². The maximum Gasteiger partial charge on any atom is 2.00 e. The molecule has 0 radical (unpaired) electrons. The predicted molar refractivity (Wildman–Crippen MR) is 23.3 cm³/mol. The van der Waals surface area contributed by atoms with Gasteiger partial charge in [-0.2, -0.15) is 6.42 Å². The van der Waals surface area contributed by atoms with E-state index in [1.54, 1.807) is 0 Å². The van der Waals surface area contributed by atoms with Crippen LogP contribution in [0.2, 0.25) is 0 Å². The van der Waals surface area contributed by atoms with E-state index in [2.05, 4.69) is 19.3 Å². The van der Waals surface area contributed by atoms with E-state index in [0.717, 1.165) is 13.0 Å². The third-order valence-corrected chi connectivity index (χ3v) is 0.354. The molecule has 0 saturated carbocycles. The van der Waals surface area contributed by atoms with Gasteiger partial charge in [-0.05, 0) is 0 Å². The molecule has 0 aromatic heterocycles. The van der Waals surface area contributed by atoms with E-state index in [0.29, 0.717) is 0 Å². The molecule has 2 heteroatoms. The van der Waals surface area contributed by atoms with E-state index in [4.69, 9.17) is 0 Å². The summed E-state index contributed by atoms with van der Waals surface area (Å²) in [4.78, 5) is 0. The zero-order valence-electron chi connectivity index (χ0n) is 3.74. The molecule has 0 unspecified atom stereocenters. The van der Waals surface area contributed by atoms with E-state index in [-0.39, 0.29) is 21.1 Å². The number of rotatable bonds is 2. The summed E-state index contributed by atoms with van der Waals surface area (Å²) in [7, 11) is 3.39. The molecule has 0 aliphatic rings. The van der Waals surface area contributed by atoms with E-state index < -0.39 is 0 Å². The fourth-order valence-corrected chi connectivity index (χ4v) is 0.125. The maximum absolute atomic E-state index is 3.57. The minimum Gasteiger partial charge on any atom is -0.475 e. The Morgan fingerprint density at radius 1 is 1.50 bits per heavy atom. The Hall–Kier alpha value is 0.648. The topological polar surface area (TPSA) is 12.0 Å². The SMILES string of the molecule is [CH2-]CCN[CH2-].[W+2]. The Morgan fingerprint density at radius 3 is 2.00 bits per heavy atom. The second-order valence-corrected chi connectivity index (χ2v) is 0.854. The minimum atomic E-state index is 0. The van der Waals surface area contributed by atoms with Gasteiger partial charge in [-0.3, -0.25) is 7.05 Å². The molecule has 0 aliphatic heterocycles. The van der Waals surface area contributed by atoms with Crippen LogP contribution in [0.1, 0.15) is 6.42 Å². The first-order valence-corrected chi connectivity index (χ1v) is 1.71. The van der Waals surface area contributed by atoms with Crippen LogP contribution in [0.4, 0.5) is 0 Å². The standard InChI is InChI=1S/C4H9N.W/c1-3-4-5-2;/h5H,1-4H2;/q-2;+2. The summed E-state index contributed by atoms with van der Waals surface area (Å²) in [6, 6.07) is 0. The molecule has 6 heavy (non-hydrogen) atoms. The van der Waals surface area contributed by atoms with Crippen molar-refractivity contribution in [1.82, 2.24) is 5.32 Å². The summed E-state index contributed by atoms with van der Waals surface area (Å²) in [5.74, 6) is 0. The first-order valence-electron chi connectivity index (χ1n) is 1.71. The molecule has 0 atom stereocenters. The quantitative estimate of drug-likeness (QED) is 0.712. The average Bonchev–Trinajstić information content (AvgIpc) is 1.41. The van der Waals surface area contributed by atoms with Crippen molar-refractivity contribution in [2.75, 3.05) is 6.54 Å². The van der Waals surface area contributed by atoms with Gasteiger partial charge in [-0.25, -0.2) is 0 Å². The third-order valence-electron chi connectivity index (χ3n) is 0.354. The zero-order valence-corrected chi connectivity index (χ0v) is 6.67. The first kappa shape index (κ1) is 9.82. The molecule has 0 rings (SSSR count). The van der Waals surface area contributed by atoms with Crippen LogP contribution in [0.25, 0.3) is 0 Å². The van der Waals surface area contributed by atoms with Crippen LogP contribution in [0, 0.1) is 14.0 Å². The molecule has 0 bridgehead atoms. The van der Waals surface area contributed by atoms with Crippen molar-refractivity contribution in [2.24, 2.45) is 0 Å². The van der Waals surface area contributed by atoms with Crippen LogP contribution in [0.15, 0.2) is 0 Å². The molecule has 0 spiro atoms. The van der Waals surface area contributed by atoms with E-state index in [1.807, 2.05) is 0 Å². The number of hydrogen-bond donors (Lipinski definition) is 1. The van der Waals surface area contributed by atoms with Crippen LogP contribution in [0.5, 0.6) is 0 Å². The Balaban J connectivity index is 0. The molecule has 0 amide bonds. The maximum atomic E-state index is 3.57. The summed E-state index contributed by atoms with van der Waals surface area (Å²) in [5.41, 5.74) is 0. The summed E-state index contributed by atoms with van der Waals surface area (Å²) in [5, 5.41) is 2.70. The Bertz CT molecular complexity index is 15.0. The first-order chi connectivity index (χ1) is 2.41. The molecule has 0 aromatic rings. The van der Waals surface area contributed by atoms with Crippen LogP contribution >= 0.6 is 0 Å². The second-order valence-electron chi connectivity index (χ2n) is 0.854. The van der Waals surface area contributed by atoms with Crippen molar-refractivity contribution in [3.8, 4) is 0 Å². The van der Waals surface area contributed by atoms with Gasteiger partial charge in [0.2, 0.25) is 0 Å². The summed E-state index contributed by atoms with van der Waals surface area (Å²) in [6.07, 6.45) is 0.920. The molecule has 1 nitrogen and oxygen atoms in total. The molecule has 0 saturated heterocycles. The van der Waals surface area contributed by atoms with Gasteiger partial charge in [0.1, 0.15) is 0 Å². The van der Waals surface area contributed by atoms with Crippen molar-refractivity contribution < 1.29 is 21.1 Å². The van der Waals surface area contributed by atoms with Gasteiger partial charge in [0.25, 0.3) is 0 Å². The average molecular weight is 255 g/mol. The Kier molecular flexibility index (Phi) is 15.0. The molecular formula is C4H9NW. The Labute approximate surface area is 53.8 Å². The normalized spacial score (nSPS) is 7.00. The zero-order chi connectivity index (χ0) is 4.12. The molecule has 0 heterocycles. The summed E-state index contributed by atoms with van der Waals surface area (Å²) < 4.78 is 0. The van der Waals surface area contributed by atoms with Crippen LogP contribution < -0.4 is 5.32 Å². The van der Waals surface area contributed by atoms with Crippen molar-refractivity contribution in [3.05, 3.63) is 14.0 Å². The fraction of sp³-hybridized carbons (Fsp3) is 0.500. The largest absolute Gasteiger partial charge is 2.00 e. The van der Waals surface area contributed by atoms with Crippen molar-refractivity contribution in [1.29, 1.82) is 0 Å². The van der Waals surface area contributed by atoms with Crippen LogP contribution in [0.3, 0.4) is 0 Å². The van der Waals surface area contributed by atoms with Gasteiger partial charge in [-0.15, -0.1) is 0 Å². The smallest absolute Gasteiger partial charge is 0.475 e.